The van der Waals surface area contributed by atoms with E-state index < -0.39 is 0 Å². The lowest BCUT2D eigenvalue weighted by atomic mass is 9.62. The van der Waals surface area contributed by atoms with Crippen LogP contribution in [0.25, 0.3) is 22.2 Å². The van der Waals surface area contributed by atoms with E-state index >= 15 is 0 Å². The quantitative estimate of drug-likeness (QED) is 0.245. The first-order chi connectivity index (χ1) is 19.1. The molecule has 1 N–H and O–H groups in total. The molecule has 6 rings (SSSR count). The van der Waals surface area contributed by atoms with Crippen molar-refractivity contribution in [1.82, 2.24) is 19.5 Å². The van der Waals surface area contributed by atoms with Gasteiger partial charge in [0, 0.05) is 35.4 Å². The molecule has 0 radical (unpaired) electrons. The van der Waals surface area contributed by atoms with Gasteiger partial charge in [-0.05, 0) is 60.8 Å². The van der Waals surface area contributed by atoms with Gasteiger partial charge in [-0.3, -0.25) is 24.1 Å². The van der Waals surface area contributed by atoms with E-state index in [0.29, 0.717) is 30.7 Å². The molecule has 0 atom stereocenters. The summed E-state index contributed by atoms with van der Waals surface area (Å²) < 4.78 is 1.63. The average molecular weight is 517 g/mol. The summed E-state index contributed by atoms with van der Waals surface area (Å²) in [6.45, 7) is 0.0319. The summed E-state index contributed by atoms with van der Waals surface area (Å²) in [6.07, 6.45) is 11.2. The average Bonchev–Trinajstić information content (AvgIpc) is 3.37. The van der Waals surface area contributed by atoms with Gasteiger partial charge in [-0.15, -0.1) is 0 Å². The molecule has 0 saturated heterocycles. The molecule has 39 heavy (non-hydrogen) atoms. The molecule has 0 spiro atoms. The number of H-pyrrole nitrogens is 1. The predicted molar refractivity (Wildman–Crippen MR) is 154 cm³/mol. The molecule has 2 aromatic carbocycles. The zero-order valence-electron chi connectivity index (χ0n) is 22.0. The lowest BCUT2D eigenvalue weighted by Gasteiger charge is -2.42. The summed E-state index contributed by atoms with van der Waals surface area (Å²) in [5.74, 6) is 0.0166. The first-order valence-electron chi connectivity index (χ1n) is 13.7. The first kappa shape index (κ1) is 25.0. The van der Waals surface area contributed by atoms with Crippen LogP contribution in [0.1, 0.15) is 49.1 Å². The van der Waals surface area contributed by atoms with E-state index in [4.69, 9.17) is 0 Å². The fraction of sp³-hybridized carbons (Fsp3) is 0.273. The van der Waals surface area contributed by atoms with Gasteiger partial charge in [0.15, 0.2) is 5.78 Å². The van der Waals surface area contributed by atoms with Crippen LogP contribution in [0.3, 0.4) is 0 Å². The summed E-state index contributed by atoms with van der Waals surface area (Å²) in [5.41, 5.74) is 5.39. The number of rotatable bonds is 10. The number of carbonyl (C=O) groups is 1. The second-order valence-corrected chi connectivity index (χ2v) is 10.6. The number of nitrogens with one attached hydrogen (secondary N) is 1. The van der Waals surface area contributed by atoms with Crippen LogP contribution < -0.4 is 5.56 Å². The van der Waals surface area contributed by atoms with Crippen LogP contribution in [0.5, 0.6) is 0 Å². The van der Waals surface area contributed by atoms with Gasteiger partial charge in [0.1, 0.15) is 5.69 Å². The van der Waals surface area contributed by atoms with Gasteiger partial charge in [-0.25, -0.2) is 0 Å². The summed E-state index contributed by atoms with van der Waals surface area (Å²) in [6, 6.07) is 24.3. The fourth-order valence-electron chi connectivity index (χ4n) is 5.83. The lowest BCUT2D eigenvalue weighted by Crippen LogP contribution is -2.36. The number of aromatic nitrogens is 4. The van der Waals surface area contributed by atoms with Gasteiger partial charge in [0.05, 0.1) is 18.4 Å². The van der Waals surface area contributed by atoms with Crippen molar-refractivity contribution in [3.05, 3.63) is 119 Å². The van der Waals surface area contributed by atoms with Crippen LogP contribution in [-0.2, 0) is 29.6 Å². The normalized spacial score (nSPS) is 14.3. The Morgan fingerprint density at radius 3 is 2.44 bits per heavy atom. The smallest absolute Gasteiger partial charge is 0.273 e. The number of Topliss-reactive ketones (excluding diaryl/α,β-unsaturated/α-hetero) is 1. The second kappa shape index (κ2) is 10.8. The van der Waals surface area contributed by atoms with Crippen LogP contribution in [0.2, 0.25) is 0 Å². The van der Waals surface area contributed by atoms with E-state index in [2.05, 4.69) is 39.2 Å². The SMILES string of the molecule is O=C(CCc1cc2cnccc2[nH]1)Cn1c(-c2ccccc2)cnc(CCC2(c3ccccc3)CCC2)c1=O. The Bertz CT molecular complexity index is 1620. The molecule has 0 unspecified atom stereocenters. The number of hydrogen-bond donors (Lipinski definition) is 1. The van der Waals surface area contributed by atoms with Crippen LogP contribution in [-0.4, -0.2) is 25.3 Å². The number of benzene rings is 2. The Balaban J connectivity index is 1.23. The maximum atomic E-state index is 13.8. The highest BCUT2D eigenvalue weighted by Crippen LogP contribution is 2.46. The van der Waals surface area contributed by atoms with Crippen molar-refractivity contribution in [2.75, 3.05) is 0 Å². The number of aryl methyl sites for hydroxylation is 2. The van der Waals surface area contributed by atoms with Crippen LogP contribution >= 0.6 is 0 Å². The lowest BCUT2D eigenvalue weighted by molar-refractivity contribution is -0.119. The highest BCUT2D eigenvalue weighted by molar-refractivity contribution is 5.81. The highest BCUT2D eigenvalue weighted by Gasteiger charge is 2.38. The monoisotopic (exact) mass is 516 g/mol. The summed E-state index contributed by atoms with van der Waals surface area (Å²) in [4.78, 5) is 39.1. The molecule has 1 aliphatic rings. The molecule has 3 heterocycles. The number of fused-ring (bicyclic) bond motifs is 1. The summed E-state index contributed by atoms with van der Waals surface area (Å²) >= 11 is 0. The van der Waals surface area contributed by atoms with E-state index in [1.54, 1.807) is 17.0 Å². The minimum absolute atomic E-state index is 0.0166. The van der Waals surface area contributed by atoms with Crippen molar-refractivity contribution in [2.24, 2.45) is 0 Å². The molecule has 3 aromatic heterocycles. The largest absolute Gasteiger partial charge is 0.358 e. The van der Waals surface area contributed by atoms with Gasteiger partial charge < -0.3 is 4.98 Å². The maximum Gasteiger partial charge on any atom is 0.273 e. The molecule has 0 aliphatic heterocycles. The minimum Gasteiger partial charge on any atom is -0.358 e. The Kier molecular flexibility index (Phi) is 6.93. The molecule has 5 aromatic rings. The first-order valence-corrected chi connectivity index (χ1v) is 13.7. The molecule has 1 aliphatic carbocycles. The van der Waals surface area contributed by atoms with E-state index in [0.717, 1.165) is 41.4 Å². The van der Waals surface area contributed by atoms with Crippen molar-refractivity contribution >= 4 is 16.7 Å². The number of ketones is 1. The zero-order valence-corrected chi connectivity index (χ0v) is 22.0. The molecule has 1 saturated carbocycles. The van der Waals surface area contributed by atoms with E-state index in [9.17, 15) is 9.59 Å². The standard InChI is InChI=1S/C33H32N4O2/c38-28(13-12-27-20-25-21-34-19-15-29(25)36-27)23-37-31(24-8-3-1-4-9-24)22-35-30(32(37)39)14-18-33(16-7-17-33)26-10-5-2-6-11-26/h1-6,8-11,15,19-22,36H,7,12-14,16-18,23H2. The van der Waals surface area contributed by atoms with Crippen molar-refractivity contribution in [2.45, 2.75) is 56.9 Å². The maximum absolute atomic E-state index is 13.8. The van der Waals surface area contributed by atoms with Crippen molar-refractivity contribution in [3.8, 4) is 11.3 Å². The van der Waals surface area contributed by atoms with E-state index in [1.807, 2.05) is 54.7 Å². The van der Waals surface area contributed by atoms with Crippen molar-refractivity contribution in [3.63, 3.8) is 0 Å². The Morgan fingerprint density at radius 1 is 0.949 bits per heavy atom. The van der Waals surface area contributed by atoms with Crippen LogP contribution in [0.15, 0.2) is 96.2 Å². The molecule has 0 amide bonds. The summed E-state index contributed by atoms with van der Waals surface area (Å²) in [5, 5.41) is 1.03. The molecule has 6 heteroatoms. The number of aromatic amines is 1. The van der Waals surface area contributed by atoms with Crippen LogP contribution in [0, 0.1) is 0 Å². The van der Waals surface area contributed by atoms with Gasteiger partial charge in [0.25, 0.3) is 5.56 Å². The van der Waals surface area contributed by atoms with Gasteiger partial charge >= 0.3 is 0 Å². The Morgan fingerprint density at radius 2 is 1.72 bits per heavy atom. The van der Waals surface area contributed by atoms with Gasteiger partial charge in [0.2, 0.25) is 0 Å². The molecule has 196 valence electrons. The van der Waals surface area contributed by atoms with E-state index in [1.165, 1.54) is 12.0 Å². The Hall–Kier alpha value is -4.32. The third kappa shape index (κ3) is 5.19. The third-order valence-corrected chi connectivity index (χ3v) is 8.22. The van der Waals surface area contributed by atoms with Gasteiger partial charge in [-0.2, -0.15) is 0 Å². The number of pyridine rings is 1. The predicted octanol–water partition coefficient (Wildman–Crippen LogP) is 6.04. The highest BCUT2D eigenvalue weighted by atomic mass is 16.1. The fourth-order valence-corrected chi connectivity index (χ4v) is 5.83. The van der Waals surface area contributed by atoms with E-state index in [-0.39, 0.29) is 23.3 Å². The molecular formula is C33H32N4O2. The molecular weight excluding hydrogens is 484 g/mol. The molecule has 6 nitrogen and oxygen atoms in total. The second-order valence-electron chi connectivity index (χ2n) is 10.6. The minimum atomic E-state index is -0.163. The number of nitrogens with zero attached hydrogens (tertiary/aromatic N) is 3. The van der Waals surface area contributed by atoms with Gasteiger partial charge in [-0.1, -0.05) is 67.1 Å². The number of carbonyl (C=O) groups excluding carboxylic acids is 1. The molecule has 1 fully saturated rings. The van der Waals surface area contributed by atoms with Crippen LogP contribution in [0.4, 0.5) is 0 Å². The topological polar surface area (TPSA) is 80.6 Å². The molecule has 0 bridgehead atoms. The number of hydrogen-bond acceptors (Lipinski definition) is 4. The Labute approximate surface area is 227 Å². The van der Waals surface area contributed by atoms with Crippen molar-refractivity contribution in [1.29, 1.82) is 0 Å². The van der Waals surface area contributed by atoms with Crippen molar-refractivity contribution < 1.29 is 4.79 Å². The zero-order chi connectivity index (χ0) is 26.7. The third-order valence-electron chi connectivity index (χ3n) is 8.22. The summed E-state index contributed by atoms with van der Waals surface area (Å²) in [7, 11) is 0.